The van der Waals surface area contributed by atoms with Crippen molar-refractivity contribution in [2.45, 2.75) is 27.7 Å². The van der Waals surface area contributed by atoms with Crippen molar-refractivity contribution in [3.8, 4) is 0 Å². The van der Waals surface area contributed by atoms with Gasteiger partial charge in [0.1, 0.15) is 0 Å². The van der Waals surface area contributed by atoms with Crippen molar-refractivity contribution in [2.75, 3.05) is 11.9 Å². The molecule has 0 bridgehead atoms. The van der Waals surface area contributed by atoms with E-state index >= 15 is 0 Å². The summed E-state index contributed by atoms with van der Waals surface area (Å²) in [7, 11) is 0. The summed E-state index contributed by atoms with van der Waals surface area (Å²) in [6.07, 6.45) is 0. The maximum Gasteiger partial charge on any atom is 0.358 e. The van der Waals surface area contributed by atoms with Crippen LogP contribution < -0.4 is 5.32 Å². The molecule has 0 aliphatic heterocycles. The molecular weight excluding hydrogens is 272 g/mol. The summed E-state index contributed by atoms with van der Waals surface area (Å²) in [6, 6.07) is 6.17. The lowest BCUT2D eigenvalue weighted by Crippen LogP contribution is -2.06. The molecule has 106 valence electrons. The lowest BCUT2D eigenvalue weighted by Gasteiger charge is -2.07. The molecule has 0 radical (unpaired) electrons. The first-order valence-electron chi connectivity index (χ1n) is 6.50. The topological polar surface area (TPSA) is 51.2 Å². The van der Waals surface area contributed by atoms with E-state index in [9.17, 15) is 4.79 Å². The Balaban J connectivity index is 2.22. The zero-order valence-corrected chi connectivity index (χ0v) is 12.9. The fourth-order valence-corrected chi connectivity index (χ4v) is 2.72. The first-order chi connectivity index (χ1) is 9.51. The second-order valence-corrected chi connectivity index (χ2v) is 5.79. The number of nitrogens with one attached hydrogen (secondary N) is 1. The Morgan fingerprint density at radius 2 is 2.10 bits per heavy atom. The predicted octanol–water partition coefficient (Wildman–Crippen LogP) is 3.99. The Morgan fingerprint density at radius 3 is 2.75 bits per heavy atom. The molecule has 4 nitrogen and oxygen atoms in total. The van der Waals surface area contributed by atoms with E-state index in [0.29, 0.717) is 17.4 Å². The minimum absolute atomic E-state index is 0.357. The Kier molecular flexibility index (Phi) is 4.39. The van der Waals surface area contributed by atoms with Crippen LogP contribution in [0.1, 0.15) is 33.4 Å². The van der Waals surface area contributed by atoms with E-state index in [-0.39, 0.29) is 5.97 Å². The molecule has 1 aromatic heterocycles. The van der Waals surface area contributed by atoms with Gasteiger partial charge in [-0.15, -0.1) is 11.3 Å². The SMILES string of the molecule is CCOC(=O)c1nc(Nc2ccc(C)cc2C)sc1C. The molecule has 1 aromatic carbocycles. The van der Waals surface area contributed by atoms with Gasteiger partial charge in [-0.1, -0.05) is 17.7 Å². The van der Waals surface area contributed by atoms with Gasteiger partial charge in [-0.2, -0.15) is 0 Å². The number of thiazole rings is 1. The number of nitrogens with zero attached hydrogens (tertiary/aromatic N) is 1. The summed E-state index contributed by atoms with van der Waals surface area (Å²) in [6.45, 7) is 8.12. The first-order valence-corrected chi connectivity index (χ1v) is 7.31. The highest BCUT2D eigenvalue weighted by Crippen LogP contribution is 2.27. The molecule has 1 heterocycles. The van der Waals surface area contributed by atoms with E-state index in [1.807, 2.05) is 26.0 Å². The standard InChI is InChI=1S/C15H18N2O2S/c1-5-19-14(18)13-11(4)20-15(17-13)16-12-7-6-9(2)8-10(12)3/h6-8H,5H2,1-4H3,(H,16,17). The highest BCUT2D eigenvalue weighted by molar-refractivity contribution is 7.15. The van der Waals surface area contributed by atoms with Gasteiger partial charge < -0.3 is 10.1 Å². The molecule has 0 aliphatic rings. The van der Waals surface area contributed by atoms with Crippen LogP contribution in [0.3, 0.4) is 0 Å². The van der Waals surface area contributed by atoms with Crippen LogP contribution in [0.15, 0.2) is 18.2 Å². The van der Waals surface area contributed by atoms with E-state index in [4.69, 9.17) is 4.74 Å². The summed E-state index contributed by atoms with van der Waals surface area (Å²) in [4.78, 5) is 16.9. The molecule has 0 unspecified atom stereocenters. The lowest BCUT2D eigenvalue weighted by molar-refractivity contribution is 0.0519. The number of ether oxygens (including phenoxy) is 1. The van der Waals surface area contributed by atoms with Gasteiger partial charge in [-0.05, 0) is 39.3 Å². The van der Waals surface area contributed by atoms with Crippen LogP contribution in [-0.4, -0.2) is 17.6 Å². The maximum atomic E-state index is 11.7. The van der Waals surface area contributed by atoms with Crippen molar-refractivity contribution < 1.29 is 9.53 Å². The van der Waals surface area contributed by atoms with Crippen LogP contribution in [0.4, 0.5) is 10.8 Å². The average Bonchev–Trinajstić information content (AvgIpc) is 2.74. The number of carbonyl (C=O) groups excluding carboxylic acids is 1. The third kappa shape index (κ3) is 3.17. The highest BCUT2D eigenvalue weighted by atomic mass is 32.1. The van der Waals surface area contributed by atoms with Crippen molar-refractivity contribution in [2.24, 2.45) is 0 Å². The van der Waals surface area contributed by atoms with Gasteiger partial charge in [-0.25, -0.2) is 9.78 Å². The summed E-state index contributed by atoms with van der Waals surface area (Å²) in [5.41, 5.74) is 3.76. The lowest BCUT2D eigenvalue weighted by atomic mass is 10.1. The quantitative estimate of drug-likeness (QED) is 0.865. The van der Waals surface area contributed by atoms with E-state index in [1.54, 1.807) is 6.92 Å². The summed E-state index contributed by atoms with van der Waals surface area (Å²) < 4.78 is 4.99. The van der Waals surface area contributed by atoms with Gasteiger partial charge in [-0.3, -0.25) is 0 Å². The molecule has 0 amide bonds. The van der Waals surface area contributed by atoms with Crippen molar-refractivity contribution in [3.05, 3.63) is 39.9 Å². The monoisotopic (exact) mass is 290 g/mol. The Morgan fingerprint density at radius 1 is 1.35 bits per heavy atom. The summed E-state index contributed by atoms with van der Waals surface area (Å²) in [5, 5.41) is 3.96. The third-order valence-electron chi connectivity index (χ3n) is 2.89. The molecule has 20 heavy (non-hydrogen) atoms. The average molecular weight is 290 g/mol. The fourth-order valence-electron chi connectivity index (χ4n) is 1.91. The molecule has 0 atom stereocenters. The molecule has 2 rings (SSSR count). The number of aromatic nitrogens is 1. The zero-order valence-electron chi connectivity index (χ0n) is 12.1. The molecule has 1 N–H and O–H groups in total. The molecule has 0 saturated heterocycles. The van der Waals surface area contributed by atoms with Crippen molar-refractivity contribution in [1.29, 1.82) is 0 Å². The summed E-state index contributed by atoms with van der Waals surface area (Å²) >= 11 is 1.45. The number of anilines is 2. The maximum absolute atomic E-state index is 11.7. The smallest absolute Gasteiger partial charge is 0.358 e. The minimum atomic E-state index is -0.366. The van der Waals surface area contributed by atoms with Crippen LogP contribution in [0, 0.1) is 20.8 Å². The van der Waals surface area contributed by atoms with Crippen molar-refractivity contribution >= 4 is 28.1 Å². The molecule has 5 heteroatoms. The van der Waals surface area contributed by atoms with Gasteiger partial charge in [0, 0.05) is 10.6 Å². The van der Waals surface area contributed by atoms with Gasteiger partial charge in [0.05, 0.1) is 6.61 Å². The van der Waals surface area contributed by atoms with Gasteiger partial charge in [0.2, 0.25) is 0 Å². The summed E-state index contributed by atoms with van der Waals surface area (Å²) in [5.74, 6) is -0.366. The number of esters is 1. The van der Waals surface area contributed by atoms with Gasteiger partial charge in [0.15, 0.2) is 10.8 Å². The first kappa shape index (κ1) is 14.5. The third-order valence-corrected chi connectivity index (χ3v) is 3.78. The molecule has 0 saturated carbocycles. The highest BCUT2D eigenvalue weighted by Gasteiger charge is 2.16. The number of aryl methyl sites for hydroxylation is 3. The number of benzene rings is 1. The Bertz CT molecular complexity index is 635. The predicted molar refractivity (Wildman–Crippen MR) is 82.0 cm³/mol. The molecule has 0 aliphatic carbocycles. The van der Waals surface area contributed by atoms with E-state index in [2.05, 4.69) is 23.3 Å². The Hall–Kier alpha value is -1.88. The number of rotatable bonds is 4. The van der Waals surface area contributed by atoms with Crippen LogP contribution in [-0.2, 0) is 4.74 Å². The van der Waals surface area contributed by atoms with Gasteiger partial charge in [0.25, 0.3) is 0 Å². The second kappa shape index (κ2) is 6.05. The molecular formula is C15H18N2O2S. The van der Waals surface area contributed by atoms with Crippen LogP contribution in [0.5, 0.6) is 0 Å². The Labute approximate surface area is 122 Å². The van der Waals surface area contributed by atoms with E-state index < -0.39 is 0 Å². The molecule has 0 fully saturated rings. The number of carbonyl (C=O) groups is 1. The van der Waals surface area contributed by atoms with E-state index in [0.717, 1.165) is 16.1 Å². The van der Waals surface area contributed by atoms with Crippen LogP contribution >= 0.6 is 11.3 Å². The van der Waals surface area contributed by atoms with Gasteiger partial charge >= 0.3 is 5.97 Å². The largest absolute Gasteiger partial charge is 0.461 e. The van der Waals surface area contributed by atoms with Crippen LogP contribution in [0.25, 0.3) is 0 Å². The number of hydrogen-bond donors (Lipinski definition) is 1. The second-order valence-electron chi connectivity index (χ2n) is 4.59. The molecule has 0 spiro atoms. The van der Waals surface area contributed by atoms with E-state index in [1.165, 1.54) is 16.9 Å². The minimum Gasteiger partial charge on any atom is -0.461 e. The molecule has 2 aromatic rings. The van der Waals surface area contributed by atoms with Crippen LogP contribution in [0.2, 0.25) is 0 Å². The zero-order chi connectivity index (χ0) is 14.7. The number of hydrogen-bond acceptors (Lipinski definition) is 5. The normalized spacial score (nSPS) is 10.4. The fraction of sp³-hybridized carbons (Fsp3) is 0.333. The van der Waals surface area contributed by atoms with Crippen molar-refractivity contribution in [1.82, 2.24) is 4.98 Å². The van der Waals surface area contributed by atoms with Crippen molar-refractivity contribution in [3.63, 3.8) is 0 Å².